The molecule has 6 aromatic rings. The molecule has 10 nitrogen and oxygen atoms in total. The number of nitrogens with zero attached hydrogens (tertiary/aromatic N) is 8. The topological polar surface area (TPSA) is 88.7 Å². The van der Waals surface area contributed by atoms with E-state index in [0.29, 0.717) is 13.5 Å². The van der Waals surface area contributed by atoms with Gasteiger partial charge in [0.1, 0.15) is 53.3 Å². The molecule has 0 unspecified atom stereocenters. The summed E-state index contributed by atoms with van der Waals surface area (Å²) in [6, 6.07) is 6.45. The van der Waals surface area contributed by atoms with E-state index in [1.54, 1.807) is 25.0 Å². The summed E-state index contributed by atoms with van der Waals surface area (Å²) in [6.45, 7) is 16.9. The van der Waals surface area contributed by atoms with E-state index >= 15 is 0 Å². The fraction of sp³-hybridized carbons (Fsp3) is 0.429. The molecule has 0 aromatic carbocycles. The number of halogens is 1. The summed E-state index contributed by atoms with van der Waals surface area (Å²) in [5.74, 6) is 0. The van der Waals surface area contributed by atoms with Crippen LogP contribution in [0.25, 0.3) is 33.4 Å². The Bertz CT molecular complexity index is 1760. The molecule has 0 aliphatic carbocycles. The van der Waals surface area contributed by atoms with Crippen molar-refractivity contribution in [1.29, 1.82) is 0 Å². The van der Waals surface area contributed by atoms with Gasteiger partial charge in [-0.15, -0.1) is 0 Å². The standard InChI is InChI=1S/C14H19BrN4OSi.C14H20N4OSi/c1-21(2,3)7-6-20-10-18-5-4-11-13(18)17-9-19-12(15)8-16-14(11)19;1-20(2,3)9-8-19-11-18-6-4-12-13-15-5-7-17(13)10-16-14(12)18/h4-5,8-9H,6-7,10H2,1-3H3;4-7,10H,8-9,11H2,1-3H3. The minimum Gasteiger partial charge on any atom is -0.361 e. The zero-order chi connectivity index (χ0) is 29.2. The molecule has 13 heteroatoms. The van der Waals surface area contributed by atoms with Gasteiger partial charge in [0.2, 0.25) is 0 Å². The zero-order valence-corrected chi connectivity index (χ0v) is 28.3. The molecular formula is C28H39BrN8O2Si2. The Morgan fingerprint density at radius 1 is 0.683 bits per heavy atom. The maximum Gasteiger partial charge on any atom is 0.149 e. The molecule has 0 aliphatic heterocycles. The van der Waals surface area contributed by atoms with E-state index in [2.05, 4.69) is 75.1 Å². The van der Waals surface area contributed by atoms with Crippen LogP contribution < -0.4 is 0 Å². The summed E-state index contributed by atoms with van der Waals surface area (Å²) in [5.41, 5.74) is 3.69. The van der Waals surface area contributed by atoms with Gasteiger partial charge in [0.15, 0.2) is 0 Å². The summed E-state index contributed by atoms with van der Waals surface area (Å²) in [5, 5.41) is 2.10. The summed E-state index contributed by atoms with van der Waals surface area (Å²) >= 11 is 3.46. The minimum absolute atomic E-state index is 0.541. The molecule has 0 amide bonds. The van der Waals surface area contributed by atoms with E-state index in [4.69, 9.17) is 9.47 Å². The van der Waals surface area contributed by atoms with Crippen LogP contribution in [0.2, 0.25) is 51.4 Å². The second-order valence-electron chi connectivity index (χ2n) is 12.7. The first kappa shape index (κ1) is 29.6. The van der Waals surface area contributed by atoms with Gasteiger partial charge in [0.25, 0.3) is 0 Å². The van der Waals surface area contributed by atoms with Gasteiger partial charge in [0, 0.05) is 54.1 Å². The average Bonchev–Trinajstić information content (AvgIpc) is 3.69. The quantitative estimate of drug-likeness (QED) is 0.120. The van der Waals surface area contributed by atoms with Crippen molar-refractivity contribution >= 4 is 65.4 Å². The first-order valence-electron chi connectivity index (χ1n) is 13.9. The van der Waals surface area contributed by atoms with Crippen LogP contribution in [0.15, 0.2) is 60.4 Å². The van der Waals surface area contributed by atoms with Crippen molar-refractivity contribution in [1.82, 2.24) is 37.9 Å². The third kappa shape index (κ3) is 7.15. The second-order valence-corrected chi connectivity index (χ2v) is 24.7. The number of rotatable bonds is 10. The molecule has 0 radical (unpaired) electrons. The van der Waals surface area contributed by atoms with E-state index in [-0.39, 0.29) is 0 Å². The highest BCUT2D eigenvalue weighted by atomic mass is 79.9. The van der Waals surface area contributed by atoms with Crippen LogP contribution >= 0.6 is 15.9 Å². The summed E-state index contributed by atoms with van der Waals surface area (Å²) in [4.78, 5) is 17.8. The molecule has 0 N–H and O–H groups in total. The van der Waals surface area contributed by atoms with E-state index in [1.807, 2.05) is 48.7 Å². The molecular weight excluding hydrogens is 616 g/mol. The van der Waals surface area contributed by atoms with Crippen LogP contribution in [0.1, 0.15) is 0 Å². The van der Waals surface area contributed by atoms with Gasteiger partial charge in [-0.2, -0.15) is 0 Å². The molecule has 0 bridgehead atoms. The average molecular weight is 656 g/mol. The van der Waals surface area contributed by atoms with Gasteiger partial charge in [-0.3, -0.25) is 8.80 Å². The minimum atomic E-state index is -1.03. The van der Waals surface area contributed by atoms with Crippen LogP contribution in [0.3, 0.4) is 0 Å². The highest BCUT2D eigenvalue weighted by Gasteiger charge is 2.14. The smallest absolute Gasteiger partial charge is 0.149 e. The Morgan fingerprint density at radius 3 is 1.83 bits per heavy atom. The Labute approximate surface area is 250 Å². The van der Waals surface area contributed by atoms with Crippen LogP contribution in [0, 0.1) is 0 Å². The Kier molecular flexibility index (Phi) is 8.80. The Balaban J connectivity index is 0.000000165. The lowest BCUT2D eigenvalue weighted by Gasteiger charge is -2.15. The molecule has 6 aromatic heterocycles. The van der Waals surface area contributed by atoms with Crippen molar-refractivity contribution in [2.24, 2.45) is 0 Å². The molecule has 0 aliphatic rings. The Hall–Kier alpha value is -2.85. The number of aromatic nitrogens is 8. The van der Waals surface area contributed by atoms with E-state index in [1.165, 1.54) is 12.1 Å². The van der Waals surface area contributed by atoms with Gasteiger partial charge in [-0.25, -0.2) is 19.9 Å². The third-order valence-electron chi connectivity index (χ3n) is 6.82. The van der Waals surface area contributed by atoms with Crippen LogP contribution in [-0.2, 0) is 22.9 Å². The molecule has 0 saturated carbocycles. The number of fused-ring (bicyclic) bond motifs is 6. The van der Waals surface area contributed by atoms with Gasteiger partial charge in [0.05, 0.1) is 17.0 Å². The van der Waals surface area contributed by atoms with E-state index < -0.39 is 16.1 Å². The predicted molar refractivity (Wildman–Crippen MR) is 173 cm³/mol. The molecule has 0 spiro atoms. The predicted octanol–water partition coefficient (Wildman–Crippen LogP) is 6.76. The van der Waals surface area contributed by atoms with Gasteiger partial charge < -0.3 is 18.6 Å². The van der Waals surface area contributed by atoms with Crippen molar-refractivity contribution in [2.45, 2.75) is 64.8 Å². The highest BCUT2D eigenvalue weighted by molar-refractivity contribution is 9.10. The van der Waals surface area contributed by atoms with Crippen molar-refractivity contribution < 1.29 is 9.47 Å². The monoisotopic (exact) mass is 654 g/mol. The number of hydrogen-bond acceptors (Lipinski definition) is 6. The zero-order valence-electron chi connectivity index (χ0n) is 24.7. The van der Waals surface area contributed by atoms with Gasteiger partial charge in [-0.05, 0) is 40.2 Å². The summed E-state index contributed by atoms with van der Waals surface area (Å²) < 4.78 is 20.4. The molecule has 0 saturated heterocycles. The van der Waals surface area contributed by atoms with Crippen LogP contribution in [-0.4, -0.2) is 67.2 Å². The molecule has 0 atom stereocenters. The first-order chi connectivity index (χ1) is 19.5. The number of ether oxygens (including phenoxy) is 2. The summed E-state index contributed by atoms with van der Waals surface area (Å²) in [7, 11) is -2.06. The van der Waals surface area contributed by atoms with Gasteiger partial charge >= 0.3 is 0 Å². The summed E-state index contributed by atoms with van der Waals surface area (Å²) in [6.07, 6.45) is 13.1. The molecule has 6 heterocycles. The van der Waals surface area contributed by atoms with Crippen molar-refractivity contribution in [3.05, 3.63) is 60.4 Å². The van der Waals surface area contributed by atoms with Gasteiger partial charge in [-0.1, -0.05) is 39.3 Å². The van der Waals surface area contributed by atoms with Crippen molar-refractivity contribution in [3.63, 3.8) is 0 Å². The number of hydrogen-bond donors (Lipinski definition) is 0. The normalized spacial score (nSPS) is 12.6. The van der Waals surface area contributed by atoms with Crippen molar-refractivity contribution in [2.75, 3.05) is 13.2 Å². The van der Waals surface area contributed by atoms with Crippen LogP contribution in [0.5, 0.6) is 0 Å². The van der Waals surface area contributed by atoms with E-state index in [9.17, 15) is 0 Å². The lowest BCUT2D eigenvalue weighted by molar-refractivity contribution is 0.0898. The molecule has 41 heavy (non-hydrogen) atoms. The maximum absolute atomic E-state index is 5.80. The number of imidazole rings is 2. The second kappa shape index (κ2) is 12.2. The highest BCUT2D eigenvalue weighted by Crippen LogP contribution is 2.22. The molecule has 6 rings (SSSR count). The molecule has 218 valence electrons. The fourth-order valence-electron chi connectivity index (χ4n) is 4.35. The maximum atomic E-state index is 5.80. The fourth-order valence-corrected chi connectivity index (χ4v) is 6.22. The van der Waals surface area contributed by atoms with Crippen LogP contribution in [0.4, 0.5) is 0 Å². The first-order valence-corrected chi connectivity index (χ1v) is 22.1. The Morgan fingerprint density at radius 2 is 1.24 bits per heavy atom. The lowest BCUT2D eigenvalue weighted by atomic mass is 10.4. The largest absolute Gasteiger partial charge is 0.361 e. The SMILES string of the molecule is C[Si](C)(C)CCOCn1ccc2c1ncn1c(Br)cnc21.C[Si](C)(C)CCOCn1ccc2c1ncn1ccnc21. The lowest BCUT2D eigenvalue weighted by Crippen LogP contribution is -2.22. The third-order valence-corrected chi connectivity index (χ3v) is 10.8. The van der Waals surface area contributed by atoms with E-state index in [0.717, 1.165) is 51.2 Å². The van der Waals surface area contributed by atoms with Crippen molar-refractivity contribution in [3.8, 4) is 0 Å². The molecule has 0 fully saturated rings.